The topological polar surface area (TPSA) is 53.1 Å². The Hall–Kier alpha value is -1.77. The van der Waals surface area contributed by atoms with Crippen molar-refractivity contribution in [3.8, 4) is 0 Å². The highest BCUT2D eigenvalue weighted by molar-refractivity contribution is 5.85. The van der Waals surface area contributed by atoms with E-state index in [2.05, 4.69) is 11.6 Å². The third-order valence-electron chi connectivity index (χ3n) is 1.70. The zero-order valence-electron chi connectivity index (χ0n) is 9.37. The van der Waals surface area contributed by atoms with Crippen LogP contribution in [0.2, 0.25) is 0 Å². The quantitative estimate of drug-likeness (QED) is 0.772. The molecule has 0 amide bonds. The van der Waals surface area contributed by atoms with Gasteiger partial charge in [0.15, 0.2) is 0 Å². The minimum Gasteiger partial charge on any atom is -0.477 e. The molecule has 1 aromatic heterocycles. The molecule has 3 nitrogen and oxygen atoms in total. The molecule has 1 aromatic rings. The van der Waals surface area contributed by atoms with Crippen molar-refractivity contribution in [1.29, 1.82) is 0 Å². The van der Waals surface area contributed by atoms with E-state index in [9.17, 15) is 4.79 Å². The maximum absolute atomic E-state index is 10.6. The summed E-state index contributed by atoms with van der Waals surface area (Å²) in [5.41, 5.74) is 0.196. The van der Waals surface area contributed by atoms with Gasteiger partial charge in [-0.25, -0.2) is 4.79 Å². The first-order valence-electron chi connectivity index (χ1n) is 4.90. The highest BCUT2D eigenvalue weighted by Gasteiger charge is 2.03. The first-order valence-corrected chi connectivity index (χ1v) is 4.90. The Bertz CT molecular complexity index is 441. The van der Waals surface area contributed by atoms with Gasteiger partial charge in [0, 0.05) is 5.35 Å². The third kappa shape index (κ3) is 3.46. The number of carbonyl (C=O) groups is 1. The summed E-state index contributed by atoms with van der Waals surface area (Å²) in [6.45, 7) is 9.40. The van der Waals surface area contributed by atoms with Crippen molar-refractivity contribution in [2.24, 2.45) is 0 Å². The minimum atomic E-state index is -0.952. The molecule has 0 aromatic carbocycles. The zero-order chi connectivity index (χ0) is 11.8. The van der Waals surface area contributed by atoms with Crippen LogP contribution in [0.5, 0.6) is 0 Å². The number of aromatic nitrogens is 1. The summed E-state index contributed by atoms with van der Waals surface area (Å²) in [6.07, 6.45) is 5.21. The van der Waals surface area contributed by atoms with Crippen LogP contribution in [-0.4, -0.2) is 16.1 Å². The first kappa shape index (κ1) is 13.2. The summed E-state index contributed by atoms with van der Waals surface area (Å²) in [7, 11) is 0. The van der Waals surface area contributed by atoms with E-state index >= 15 is 0 Å². The van der Waals surface area contributed by atoms with E-state index < -0.39 is 5.97 Å². The molecule has 0 aliphatic heterocycles. The number of aromatic carboxylic acids is 1. The van der Waals surface area contributed by atoms with Gasteiger partial charge in [-0.3, -0.25) is 0 Å². The van der Waals surface area contributed by atoms with Gasteiger partial charge < -0.3 is 10.1 Å². The highest BCUT2D eigenvalue weighted by atomic mass is 16.4. The maximum Gasteiger partial charge on any atom is 0.352 e. The van der Waals surface area contributed by atoms with Crippen molar-refractivity contribution in [2.45, 2.75) is 20.8 Å². The molecule has 0 radical (unpaired) electrons. The molecule has 1 heterocycles. The van der Waals surface area contributed by atoms with E-state index in [1.54, 1.807) is 18.2 Å². The Kier molecular flexibility index (Phi) is 5.86. The fourth-order valence-electron chi connectivity index (χ4n) is 1.11. The van der Waals surface area contributed by atoms with E-state index in [-0.39, 0.29) is 5.69 Å². The van der Waals surface area contributed by atoms with Crippen LogP contribution in [0.3, 0.4) is 0 Å². The van der Waals surface area contributed by atoms with Gasteiger partial charge in [0.05, 0.1) is 0 Å². The molecule has 1 rings (SSSR count). The van der Waals surface area contributed by atoms with Gasteiger partial charge in [-0.15, -0.1) is 0 Å². The van der Waals surface area contributed by atoms with Gasteiger partial charge in [0.2, 0.25) is 0 Å². The van der Waals surface area contributed by atoms with Crippen LogP contribution < -0.4 is 10.6 Å². The number of hydrogen-bond acceptors (Lipinski definition) is 1. The second-order valence-corrected chi connectivity index (χ2v) is 2.55. The number of carboxylic acid groups (broad SMARTS) is 1. The van der Waals surface area contributed by atoms with E-state index in [4.69, 9.17) is 5.11 Å². The van der Waals surface area contributed by atoms with Crippen LogP contribution >= 0.6 is 0 Å². The number of aromatic amines is 1. The molecule has 0 aliphatic rings. The molecular weight excluding hydrogens is 190 g/mol. The molecule has 0 fully saturated rings. The van der Waals surface area contributed by atoms with Crippen molar-refractivity contribution in [2.75, 3.05) is 0 Å². The van der Waals surface area contributed by atoms with Crippen LogP contribution in [0.1, 0.15) is 31.3 Å². The van der Waals surface area contributed by atoms with Crippen LogP contribution in [0.25, 0.3) is 12.2 Å². The van der Waals surface area contributed by atoms with Crippen LogP contribution in [0.15, 0.2) is 18.7 Å². The fourth-order valence-corrected chi connectivity index (χ4v) is 1.11. The van der Waals surface area contributed by atoms with E-state index in [1.165, 1.54) is 0 Å². The van der Waals surface area contributed by atoms with Gasteiger partial charge in [0.25, 0.3) is 0 Å². The molecule has 3 heteroatoms. The molecule has 0 saturated carbocycles. The summed E-state index contributed by atoms with van der Waals surface area (Å²) in [4.78, 5) is 13.4. The monoisotopic (exact) mass is 207 g/mol. The lowest BCUT2D eigenvalue weighted by atomic mass is 10.3. The third-order valence-corrected chi connectivity index (χ3v) is 1.70. The van der Waals surface area contributed by atoms with Crippen LogP contribution in [-0.2, 0) is 0 Å². The number of allylic oxidation sites excluding steroid dienone is 1. The Morgan fingerprint density at radius 1 is 1.53 bits per heavy atom. The smallest absolute Gasteiger partial charge is 0.352 e. The van der Waals surface area contributed by atoms with Crippen molar-refractivity contribution >= 4 is 18.1 Å². The second-order valence-electron chi connectivity index (χ2n) is 2.55. The first-order chi connectivity index (χ1) is 7.19. The van der Waals surface area contributed by atoms with Gasteiger partial charge in [-0.1, -0.05) is 38.7 Å². The van der Waals surface area contributed by atoms with Gasteiger partial charge in [-0.2, -0.15) is 0 Å². The molecule has 0 bridgehead atoms. The summed E-state index contributed by atoms with van der Waals surface area (Å²) < 4.78 is 0. The molecular formula is C12H17NO2. The highest BCUT2D eigenvalue weighted by Crippen LogP contribution is 1.85. The molecule has 0 atom stereocenters. The predicted molar refractivity (Wildman–Crippen MR) is 63.2 cm³/mol. The number of carboxylic acids is 1. The summed E-state index contributed by atoms with van der Waals surface area (Å²) in [5.74, 6) is -0.952. The SMILES string of the molecule is C=C/C=c1/cc(C(=O)O)[nH]/c1=C/C.CC. The molecule has 0 unspecified atom stereocenters. The fraction of sp³-hybridized carbons (Fsp3) is 0.250. The molecule has 0 aliphatic carbocycles. The van der Waals surface area contributed by atoms with Crippen LogP contribution in [0.4, 0.5) is 0 Å². The largest absolute Gasteiger partial charge is 0.477 e. The average molecular weight is 207 g/mol. The molecule has 15 heavy (non-hydrogen) atoms. The van der Waals surface area contributed by atoms with Crippen molar-refractivity contribution in [1.82, 2.24) is 4.98 Å². The second kappa shape index (κ2) is 6.65. The van der Waals surface area contributed by atoms with Gasteiger partial charge in [-0.05, 0) is 18.2 Å². The molecule has 0 spiro atoms. The van der Waals surface area contributed by atoms with E-state index in [0.717, 1.165) is 10.6 Å². The minimum absolute atomic E-state index is 0.196. The lowest BCUT2D eigenvalue weighted by Gasteiger charge is -1.82. The van der Waals surface area contributed by atoms with Gasteiger partial charge in [0.1, 0.15) is 5.69 Å². The van der Waals surface area contributed by atoms with Crippen molar-refractivity contribution < 1.29 is 9.90 Å². The zero-order valence-corrected chi connectivity index (χ0v) is 9.37. The van der Waals surface area contributed by atoms with Gasteiger partial charge >= 0.3 is 5.97 Å². The number of hydrogen-bond donors (Lipinski definition) is 2. The lowest BCUT2D eigenvalue weighted by molar-refractivity contribution is 0.0691. The molecule has 82 valence electrons. The Morgan fingerprint density at radius 3 is 2.53 bits per heavy atom. The summed E-state index contributed by atoms with van der Waals surface area (Å²) in [6, 6.07) is 1.58. The van der Waals surface area contributed by atoms with Crippen molar-refractivity contribution in [3.63, 3.8) is 0 Å². The Balaban J connectivity index is 0.000000921. The maximum atomic E-state index is 10.6. The summed E-state index contributed by atoms with van der Waals surface area (Å²) >= 11 is 0. The molecule has 0 saturated heterocycles. The Labute approximate surface area is 89.5 Å². The normalized spacial score (nSPS) is 11.9. The summed E-state index contributed by atoms with van der Waals surface area (Å²) in [5, 5.41) is 10.3. The Morgan fingerprint density at radius 2 is 2.13 bits per heavy atom. The predicted octanol–water partition coefficient (Wildman–Crippen LogP) is 1.51. The van der Waals surface area contributed by atoms with Crippen molar-refractivity contribution in [3.05, 3.63) is 35.0 Å². The number of H-pyrrole nitrogens is 1. The number of rotatable bonds is 2. The number of nitrogens with one attached hydrogen (secondary N) is 1. The molecule has 2 N–H and O–H groups in total. The standard InChI is InChI=1S/C10H11NO2.C2H6/c1-3-5-7-6-9(10(12)13)11-8(7)4-2;1-2/h3-6,11H,1H2,2H3,(H,12,13);1-2H3/b7-5-,8-4+;. The van der Waals surface area contributed by atoms with E-state index in [0.29, 0.717) is 0 Å². The van der Waals surface area contributed by atoms with E-state index in [1.807, 2.05) is 26.8 Å². The lowest BCUT2D eigenvalue weighted by Crippen LogP contribution is -2.20. The average Bonchev–Trinajstić information content (AvgIpc) is 2.65. The van der Waals surface area contributed by atoms with Crippen LogP contribution in [0, 0.1) is 0 Å².